The fraction of sp³-hybridized carbons (Fsp3) is 0.500. The lowest BCUT2D eigenvalue weighted by Crippen LogP contribution is -2.47. The maximum atomic E-state index is 12.5. The predicted molar refractivity (Wildman–Crippen MR) is 101 cm³/mol. The van der Waals surface area contributed by atoms with Crippen molar-refractivity contribution in [2.75, 3.05) is 46.8 Å². The standard InChI is InChI=1S/C18H25ClN6O/c1-22-6-9-24(10-7-22)18(26)17-14-25(21-20-17)11-8-23(2)13-15-4-3-5-16(19)12-15/h3-5,12,14H,6-11,13H2,1-2H3. The molecule has 0 N–H and O–H groups in total. The molecule has 8 heteroatoms. The predicted octanol–water partition coefficient (Wildman–Crippen LogP) is 1.45. The van der Waals surface area contributed by atoms with Crippen molar-refractivity contribution in [3.8, 4) is 0 Å². The lowest BCUT2D eigenvalue weighted by atomic mass is 10.2. The molecular weight excluding hydrogens is 352 g/mol. The van der Waals surface area contributed by atoms with Crippen molar-refractivity contribution >= 4 is 17.5 Å². The highest BCUT2D eigenvalue weighted by molar-refractivity contribution is 6.30. The number of amides is 1. The number of piperazine rings is 1. The van der Waals surface area contributed by atoms with E-state index in [2.05, 4.69) is 33.2 Å². The zero-order valence-corrected chi connectivity index (χ0v) is 16.1. The molecule has 0 bridgehead atoms. The molecule has 1 fully saturated rings. The van der Waals surface area contributed by atoms with Crippen LogP contribution in [-0.4, -0.2) is 82.4 Å². The Morgan fingerprint density at radius 3 is 2.77 bits per heavy atom. The third-order valence-electron chi connectivity index (χ3n) is 4.60. The topological polar surface area (TPSA) is 57.5 Å². The van der Waals surface area contributed by atoms with Crippen molar-refractivity contribution in [2.45, 2.75) is 13.1 Å². The van der Waals surface area contributed by atoms with Gasteiger partial charge in [0, 0.05) is 44.3 Å². The molecular formula is C18H25ClN6O. The number of hydrogen-bond acceptors (Lipinski definition) is 5. The minimum Gasteiger partial charge on any atom is -0.335 e. The van der Waals surface area contributed by atoms with Crippen LogP contribution in [-0.2, 0) is 13.1 Å². The van der Waals surface area contributed by atoms with E-state index in [0.29, 0.717) is 12.2 Å². The molecule has 0 radical (unpaired) electrons. The first-order valence-electron chi connectivity index (χ1n) is 8.82. The molecule has 7 nitrogen and oxygen atoms in total. The molecule has 0 atom stereocenters. The highest BCUT2D eigenvalue weighted by Gasteiger charge is 2.22. The molecule has 2 aromatic rings. The Morgan fingerprint density at radius 1 is 1.27 bits per heavy atom. The van der Waals surface area contributed by atoms with Gasteiger partial charge < -0.3 is 14.7 Å². The van der Waals surface area contributed by atoms with Crippen molar-refractivity contribution < 1.29 is 4.79 Å². The van der Waals surface area contributed by atoms with Gasteiger partial charge in [-0.15, -0.1) is 5.10 Å². The van der Waals surface area contributed by atoms with E-state index in [0.717, 1.165) is 44.3 Å². The third-order valence-corrected chi connectivity index (χ3v) is 4.84. The Bertz CT molecular complexity index is 741. The fourth-order valence-corrected chi connectivity index (χ4v) is 3.19. The second kappa shape index (κ2) is 8.62. The Balaban J connectivity index is 1.49. The van der Waals surface area contributed by atoms with Crippen molar-refractivity contribution in [1.29, 1.82) is 0 Å². The van der Waals surface area contributed by atoms with Crippen LogP contribution in [0, 0.1) is 0 Å². The summed E-state index contributed by atoms with van der Waals surface area (Å²) < 4.78 is 1.73. The molecule has 0 unspecified atom stereocenters. The third kappa shape index (κ3) is 5.03. The van der Waals surface area contributed by atoms with E-state index in [1.54, 1.807) is 10.9 Å². The van der Waals surface area contributed by atoms with Crippen LogP contribution in [0.1, 0.15) is 16.1 Å². The number of carbonyl (C=O) groups excluding carboxylic acids is 1. The molecule has 1 aromatic carbocycles. The summed E-state index contributed by atoms with van der Waals surface area (Å²) in [6.45, 7) is 5.57. The van der Waals surface area contributed by atoms with Crippen LogP contribution in [0.5, 0.6) is 0 Å². The summed E-state index contributed by atoms with van der Waals surface area (Å²) in [5.74, 6) is -0.0309. The minimum atomic E-state index is -0.0309. The van der Waals surface area contributed by atoms with Crippen molar-refractivity contribution in [1.82, 2.24) is 29.7 Å². The monoisotopic (exact) mass is 376 g/mol. The number of halogens is 1. The van der Waals surface area contributed by atoms with Gasteiger partial charge in [-0.3, -0.25) is 9.48 Å². The van der Waals surface area contributed by atoms with E-state index in [4.69, 9.17) is 11.6 Å². The molecule has 0 spiro atoms. The number of rotatable bonds is 6. The largest absolute Gasteiger partial charge is 0.335 e. The lowest BCUT2D eigenvalue weighted by Gasteiger charge is -2.31. The summed E-state index contributed by atoms with van der Waals surface area (Å²) >= 11 is 6.03. The normalized spacial score (nSPS) is 15.6. The summed E-state index contributed by atoms with van der Waals surface area (Å²) in [7, 11) is 4.12. The van der Waals surface area contributed by atoms with E-state index >= 15 is 0 Å². The van der Waals surface area contributed by atoms with Gasteiger partial charge in [0.2, 0.25) is 0 Å². The van der Waals surface area contributed by atoms with Crippen LogP contribution in [0.3, 0.4) is 0 Å². The molecule has 2 heterocycles. The van der Waals surface area contributed by atoms with Crippen LogP contribution in [0.4, 0.5) is 0 Å². The van der Waals surface area contributed by atoms with Gasteiger partial charge >= 0.3 is 0 Å². The minimum absolute atomic E-state index is 0.0309. The van der Waals surface area contributed by atoms with Gasteiger partial charge in [0.25, 0.3) is 5.91 Å². The number of aromatic nitrogens is 3. The summed E-state index contributed by atoms with van der Waals surface area (Å²) in [6.07, 6.45) is 1.74. The highest BCUT2D eigenvalue weighted by atomic mass is 35.5. The van der Waals surface area contributed by atoms with Crippen LogP contribution in [0.15, 0.2) is 30.5 Å². The summed E-state index contributed by atoms with van der Waals surface area (Å²) in [5, 5.41) is 8.91. The highest BCUT2D eigenvalue weighted by Crippen LogP contribution is 2.12. The lowest BCUT2D eigenvalue weighted by molar-refractivity contribution is 0.0658. The van der Waals surface area contributed by atoms with Gasteiger partial charge in [-0.05, 0) is 31.8 Å². The molecule has 1 amide bonds. The number of benzene rings is 1. The molecule has 1 saturated heterocycles. The zero-order valence-electron chi connectivity index (χ0n) is 15.3. The van der Waals surface area contributed by atoms with Gasteiger partial charge in [0.05, 0.1) is 12.7 Å². The first-order valence-corrected chi connectivity index (χ1v) is 9.20. The van der Waals surface area contributed by atoms with Gasteiger partial charge in [-0.25, -0.2) is 0 Å². The van der Waals surface area contributed by atoms with Crippen LogP contribution in [0.2, 0.25) is 5.02 Å². The van der Waals surface area contributed by atoms with Gasteiger partial charge in [0.1, 0.15) is 0 Å². The Labute approximate surface area is 159 Å². The van der Waals surface area contributed by atoms with Gasteiger partial charge in [0.15, 0.2) is 5.69 Å². The second-order valence-electron chi connectivity index (χ2n) is 6.83. The number of nitrogens with zero attached hydrogens (tertiary/aromatic N) is 6. The molecule has 26 heavy (non-hydrogen) atoms. The Hall–Kier alpha value is -1.96. The van der Waals surface area contributed by atoms with E-state index in [1.165, 1.54) is 5.56 Å². The van der Waals surface area contributed by atoms with Crippen molar-refractivity contribution in [3.05, 3.63) is 46.7 Å². The Morgan fingerprint density at radius 2 is 2.04 bits per heavy atom. The zero-order chi connectivity index (χ0) is 18.5. The first-order chi connectivity index (χ1) is 12.5. The maximum absolute atomic E-state index is 12.5. The molecule has 1 aromatic heterocycles. The van der Waals surface area contributed by atoms with E-state index in [1.807, 2.05) is 30.1 Å². The summed E-state index contributed by atoms with van der Waals surface area (Å²) in [4.78, 5) is 18.8. The average molecular weight is 377 g/mol. The maximum Gasteiger partial charge on any atom is 0.276 e. The second-order valence-corrected chi connectivity index (χ2v) is 7.27. The van der Waals surface area contributed by atoms with E-state index in [-0.39, 0.29) is 5.91 Å². The number of hydrogen-bond donors (Lipinski definition) is 0. The van der Waals surface area contributed by atoms with Gasteiger partial charge in [-0.2, -0.15) is 0 Å². The van der Waals surface area contributed by atoms with E-state index in [9.17, 15) is 4.79 Å². The van der Waals surface area contributed by atoms with Crippen LogP contribution >= 0.6 is 11.6 Å². The molecule has 0 aliphatic carbocycles. The van der Waals surface area contributed by atoms with Crippen LogP contribution in [0.25, 0.3) is 0 Å². The van der Waals surface area contributed by atoms with Gasteiger partial charge in [-0.1, -0.05) is 28.9 Å². The number of likely N-dealkylation sites (N-methyl/N-ethyl adjacent to an activating group) is 2. The SMILES string of the molecule is CN1CCN(C(=O)c2cn(CCN(C)Cc3cccc(Cl)c3)nn2)CC1. The molecule has 0 saturated carbocycles. The van der Waals surface area contributed by atoms with Crippen LogP contribution < -0.4 is 0 Å². The molecule has 3 rings (SSSR count). The molecule has 1 aliphatic rings. The number of carbonyl (C=O) groups is 1. The smallest absolute Gasteiger partial charge is 0.276 e. The molecule has 140 valence electrons. The van der Waals surface area contributed by atoms with E-state index < -0.39 is 0 Å². The summed E-state index contributed by atoms with van der Waals surface area (Å²) in [5.41, 5.74) is 1.59. The first kappa shape index (κ1) is 18.8. The van der Waals surface area contributed by atoms with Crippen molar-refractivity contribution in [3.63, 3.8) is 0 Å². The van der Waals surface area contributed by atoms with Crippen molar-refractivity contribution in [2.24, 2.45) is 0 Å². The average Bonchev–Trinajstić information content (AvgIpc) is 3.09. The quantitative estimate of drug-likeness (QED) is 0.763. The fourth-order valence-electron chi connectivity index (χ4n) is 2.98. The summed E-state index contributed by atoms with van der Waals surface area (Å²) in [6, 6.07) is 7.86. The Kier molecular flexibility index (Phi) is 6.24. The molecule has 1 aliphatic heterocycles.